The van der Waals surface area contributed by atoms with E-state index in [1.165, 1.54) is 0 Å². The third kappa shape index (κ3) is 9.99. The van der Waals surface area contributed by atoms with Crippen molar-refractivity contribution in [1.82, 2.24) is 5.32 Å². The number of hydrogen-bond acceptors (Lipinski definition) is 2. The van der Waals surface area contributed by atoms with E-state index < -0.39 is 0 Å². The van der Waals surface area contributed by atoms with Gasteiger partial charge in [0.15, 0.2) is 0 Å². The molecule has 0 saturated carbocycles. The molecule has 0 aromatic heterocycles. The van der Waals surface area contributed by atoms with Gasteiger partial charge < -0.3 is 10.1 Å². The van der Waals surface area contributed by atoms with Crippen LogP contribution in [0.5, 0.6) is 0 Å². The van der Waals surface area contributed by atoms with Gasteiger partial charge in [-0.1, -0.05) is 29.3 Å². The van der Waals surface area contributed by atoms with Gasteiger partial charge in [-0.25, -0.2) is 0 Å². The Kier molecular flexibility index (Phi) is 10.9. The van der Waals surface area contributed by atoms with Crippen LogP contribution in [0.2, 0.25) is 0 Å². The first-order valence-corrected chi connectivity index (χ1v) is 6.33. The molecule has 0 aliphatic carbocycles. The van der Waals surface area contributed by atoms with Gasteiger partial charge in [0.1, 0.15) is 0 Å². The van der Waals surface area contributed by atoms with Crippen LogP contribution in [0.1, 0.15) is 32.6 Å². The highest BCUT2D eigenvalue weighted by atomic mass is 79.9. The average molecular weight is 266 g/mol. The Morgan fingerprint density at radius 1 is 1.36 bits per heavy atom. The highest BCUT2D eigenvalue weighted by Crippen LogP contribution is 1.93. The number of alkyl halides is 1. The molecular weight excluding hydrogens is 246 g/mol. The zero-order valence-corrected chi connectivity index (χ0v) is 10.4. The number of ether oxygens (including phenoxy) is 1. The molecule has 0 fully saturated rings. The number of carbonyl (C=O) groups excluding carboxylic acids is 1. The summed E-state index contributed by atoms with van der Waals surface area (Å²) in [5.74, 6) is 0.160. The van der Waals surface area contributed by atoms with Crippen LogP contribution in [-0.4, -0.2) is 31.0 Å². The molecule has 0 radical (unpaired) electrons. The summed E-state index contributed by atoms with van der Waals surface area (Å²) in [6.07, 6.45) is 3.59. The standard InChI is InChI=1S/C10H20BrNO2/c1-2-3-5-10(13)12-7-4-8-14-9-6-11/h2-9H2,1H3,(H,12,13). The third-order valence-electron chi connectivity index (χ3n) is 1.77. The molecular formula is C10H20BrNO2. The van der Waals surface area contributed by atoms with E-state index in [1.54, 1.807) is 0 Å². The van der Waals surface area contributed by atoms with Crippen molar-refractivity contribution < 1.29 is 9.53 Å². The summed E-state index contributed by atoms with van der Waals surface area (Å²) in [4.78, 5) is 11.1. The van der Waals surface area contributed by atoms with Gasteiger partial charge in [-0.15, -0.1) is 0 Å². The van der Waals surface area contributed by atoms with E-state index in [0.717, 1.165) is 44.4 Å². The lowest BCUT2D eigenvalue weighted by Crippen LogP contribution is -2.24. The summed E-state index contributed by atoms with van der Waals surface area (Å²) in [5.41, 5.74) is 0. The summed E-state index contributed by atoms with van der Waals surface area (Å²) in [6, 6.07) is 0. The molecule has 0 spiro atoms. The maximum Gasteiger partial charge on any atom is 0.219 e. The fourth-order valence-corrected chi connectivity index (χ4v) is 1.21. The van der Waals surface area contributed by atoms with Crippen LogP contribution >= 0.6 is 15.9 Å². The number of rotatable bonds is 9. The van der Waals surface area contributed by atoms with Crippen molar-refractivity contribution in [3.8, 4) is 0 Å². The predicted molar refractivity (Wildman–Crippen MR) is 61.8 cm³/mol. The van der Waals surface area contributed by atoms with E-state index in [9.17, 15) is 4.79 Å². The zero-order chi connectivity index (χ0) is 10.6. The van der Waals surface area contributed by atoms with Gasteiger partial charge in [0, 0.05) is 24.9 Å². The van der Waals surface area contributed by atoms with Gasteiger partial charge in [0.2, 0.25) is 5.91 Å². The number of amides is 1. The first-order chi connectivity index (χ1) is 6.81. The van der Waals surface area contributed by atoms with E-state index in [2.05, 4.69) is 28.2 Å². The van der Waals surface area contributed by atoms with Crippen molar-refractivity contribution in [2.24, 2.45) is 0 Å². The molecule has 1 N–H and O–H groups in total. The smallest absolute Gasteiger partial charge is 0.219 e. The van der Waals surface area contributed by atoms with Crippen LogP contribution in [0.3, 0.4) is 0 Å². The lowest BCUT2D eigenvalue weighted by molar-refractivity contribution is -0.121. The van der Waals surface area contributed by atoms with Gasteiger partial charge in [0.25, 0.3) is 0 Å². The van der Waals surface area contributed by atoms with Gasteiger partial charge in [0.05, 0.1) is 6.61 Å². The molecule has 14 heavy (non-hydrogen) atoms. The van der Waals surface area contributed by atoms with Crippen molar-refractivity contribution in [3.05, 3.63) is 0 Å². The Morgan fingerprint density at radius 2 is 2.14 bits per heavy atom. The molecule has 1 amide bonds. The average Bonchev–Trinajstić information content (AvgIpc) is 2.20. The van der Waals surface area contributed by atoms with Crippen molar-refractivity contribution >= 4 is 21.8 Å². The molecule has 0 aromatic rings. The minimum absolute atomic E-state index is 0.160. The molecule has 0 saturated heterocycles. The molecule has 84 valence electrons. The first kappa shape index (κ1) is 13.9. The van der Waals surface area contributed by atoms with Gasteiger partial charge in [-0.05, 0) is 12.8 Å². The van der Waals surface area contributed by atoms with Crippen LogP contribution in [-0.2, 0) is 9.53 Å². The van der Waals surface area contributed by atoms with Crippen LogP contribution in [0.25, 0.3) is 0 Å². The summed E-state index contributed by atoms with van der Waals surface area (Å²) < 4.78 is 5.25. The fraction of sp³-hybridized carbons (Fsp3) is 0.900. The largest absolute Gasteiger partial charge is 0.381 e. The summed E-state index contributed by atoms with van der Waals surface area (Å²) in [7, 11) is 0. The van der Waals surface area contributed by atoms with E-state index in [-0.39, 0.29) is 5.91 Å². The predicted octanol–water partition coefficient (Wildman–Crippen LogP) is 2.09. The molecule has 0 aliphatic heterocycles. The van der Waals surface area contributed by atoms with Gasteiger partial charge >= 0.3 is 0 Å². The lowest BCUT2D eigenvalue weighted by atomic mass is 10.2. The first-order valence-electron chi connectivity index (χ1n) is 5.21. The third-order valence-corrected chi connectivity index (χ3v) is 2.09. The maximum absolute atomic E-state index is 11.1. The topological polar surface area (TPSA) is 38.3 Å². The Bertz CT molecular complexity index is 142. The number of unbranched alkanes of at least 4 members (excludes halogenated alkanes) is 1. The van der Waals surface area contributed by atoms with Crippen molar-refractivity contribution in [1.29, 1.82) is 0 Å². The Hall–Kier alpha value is -0.0900. The summed E-state index contributed by atoms with van der Waals surface area (Å²) >= 11 is 3.28. The quantitative estimate of drug-likeness (QED) is 0.512. The second-order valence-corrected chi connectivity index (χ2v) is 3.90. The fourth-order valence-electron chi connectivity index (χ4n) is 0.984. The highest BCUT2D eigenvalue weighted by Gasteiger charge is 1.98. The van der Waals surface area contributed by atoms with Gasteiger partial charge in [-0.3, -0.25) is 4.79 Å². The Labute approximate surface area is 94.7 Å². The Morgan fingerprint density at radius 3 is 2.79 bits per heavy atom. The molecule has 3 nitrogen and oxygen atoms in total. The number of hydrogen-bond donors (Lipinski definition) is 1. The summed E-state index contributed by atoms with van der Waals surface area (Å²) in [5, 5.41) is 3.73. The SMILES string of the molecule is CCCCC(=O)NCCCOCCBr. The normalized spacial score (nSPS) is 10.1. The summed E-state index contributed by atoms with van der Waals surface area (Å²) in [6.45, 7) is 4.27. The molecule has 0 aliphatic rings. The second kappa shape index (κ2) is 11.0. The van der Waals surface area contributed by atoms with E-state index in [0.29, 0.717) is 6.42 Å². The van der Waals surface area contributed by atoms with Crippen molar-refractivity contribution in [3.63, 3.8) is 0 Å². The molecule has 0 rings (SSSR count). The lowest BCUT2D eigenvalue weighted by Gasteiger charge is -2.04. The minimum Gasteiger partial charge on any atom is -0.381 e. The zero-order valence-electron chi connectivity index (χ0n) is 8.85. The van der Waals surface area contributed by atoms with E-state index in [1.807, 2.05) is 0 Å². The number of nitrogens with one attached hydrogen (secondary N) is 1. The molecule has 4 heteroatoms. The second-order valence-electron chi connectivity index (χ2n) is 3.11. The molecule has 0 aromatic carbocycles. The van der Waals surface area contributed by atoms with Gasteiger partial charge in [-0.2, -0.15) is 0 Å². The molecule has 0 heterocycles. The molecule has 0 unspecified atom stereocenters. The Balaban J connectivity index is 3.07. The molecule has 0 bridgehead atoms. The number of carbonyl (C=O) groups is 1. The highest BCUT2D eigenvalue weighted by molar-refractivity contribution is 9.09. The van der Waals surface area contributed by atoms with Crippen molar-refractivity contribution in [2.45, 2.75) is 32.6 Å². The minimum atomic E-state index is 0.160. The van der Waals surface area contributed by atoms with Crippen LogP contribution < -0.4 is 5.32 Å². The van der Waals surface area contributed by atoms with E-state index in [4.69, 9.17) is 4.74 Å². The maximum atomic E-state index is 11.1. The van der Waals surface area contributed by atoms with Crippen LogP contribution in [0.15, 0.2) is 0 Å². The van der Waals surface area contributed by atoms with Crippen LogP contribution in [0.4, 0.5) is 0 Å². The molecule has 0 atom stereocenters. The van der Waals surface area contributed by atoms with Crippen molar-refractivity contribution in [2.75, 3.05) is 25.1 Å². The monoisotopic (exact) mass is 265 g/mol. The number of halogens is 1. The van der Waals surface area contributed by atoms with Crippen LogP contribution in [0, 0.1) is 0 Å². The van der Waals surface area contributed by atoms with E-state index >= 15 is 0 Å².